The summed E-state index contributed by atoms with van der Waals surface area (Å²) >= 11 is 0. The fourth-order valence-electron chi connectivity index (χ4n) is 9.31. The van der Waals surface area contributed by atoms with Crippen LogP contribution in [0.2, 0.25) is 0 Å². The molecule has 13 N–H and O–H groups in total. The molecule has 0 unspecified atom stereocenters. The number of esters is 5. The van der Waals surface area contributed by atoms with E-state index in [1.54, 1.807) is 0 Å². The quantitative estimate of drug-likeness (QED) is 0.0135. The number of carbonyl (C=O) groups is 18. The first-order valence-corrected chi connectivity index (χ1v) is 25.6. The number of hydrogen-bond acceptors (Lipinski definition) is 21. The van der Waals surface area contributed by atoms with E-state index >= 15 is 0 Å². The number of unbranched alkanes of at least 4 members (excludes halogenated alkanes) is 15. The lowest BCUT2D eigenvalue weighted by molar-refractivity contribution is 0.0342. The molecule has 0 aliphatic rings. The third-order valence-corrected chi connectivity index (χ3v) is 12.9. The second-order valence-electron chi connectivity index (χ2n) is 18.5. The van der Waals surface area contributed by atoms with Gasteiger partial charge >= 0.3 is 107 Å². The van der Waals surface area contributed by atoms with E-state index < -0.39 is 214 Å². The predicted molar refractivity (Wildman–Crippen MR) is 279 cm³/mol. The van der Waals surface area contributed by atoms with Crippen LogP contribution in [0.1, 0.15) is 296 Å². The van der Waals surface area contributed by atoms with Crippen LogP contribution in [0.5, 0.6) is 0 Å². The molecule has 34 heteroatoms. The van der Waals surface area contributed by atoms with Crippen LogP contribution in [-0.2, 0) is 14.2 Å². The standard InChI is InChI=1S/C54H50O34/c1-2-3-4-5-6-7-8-9-10-11-12-13-14-15-16-17-18-86-50(81)34-30(48(77)78)25(43(67)68)31(49(79)80)35(53(84)87-51(82)32-26(44(69)70)21(39(59)60)19(37(55)56)22(40(61)62)27(32)45(71)72)36(34)54(85)88-52(83)33-28(46(73)74)23(41(63)64)20(38(57)58)24(42(65)66)29(33)47(75)76/h2-18H2,1H3,(H,55,56)(H,57,58)(H,59,60)(H,61,62)(H,63,64)(H,65,66)(H,67,68)(H,69,70)(H,71,72)(H,73,74)(H,75,76)(H,77,78)(H,79,80). The van der Waals surface area contributed by atoms with E-state index in [4.69, 9.17) is 4.74 Å². The van der Waals surface area contributed by atoms with Crippen LogP contribution >= 0.6 is 0 Å². The molecule has 0 aromatic heterocycles. The fraction of sp³-hybridized carbons (Fsp3) is 0.333. The Kier molecular flexibility index (Phi) is 24.8. The van der Waals surface area contributed by atoms with Gasteiger partial charge in [0.1, 0.15) is 0 Å². The average Bonchev–Trinajstić information content (AvgIpc) is 1.83. The number of carbonyl (C=O) groups excluding carboxylic acids is 5. The van der Waals surface area contributed by atoms with Gasteiger partial charge in [-0.2, -0.15) is 0 Å². The highest BCUT2D eigenvalue weighted by Crippen LogP contribution is 2.36. The van der Waals surface area contributed by atoms with Gasteiger partial charge in [-0.15, -0.1) is 0 Å². The van der Waals surface area contributed by atoms with E-state index in [0.29, 0.717) is 12.8 Å². The first-order valence-electron chi connectivity index (χ1n) is 25.6. The molecule has 0 spiro atoms. The number of aromatic carboxylic acids is 13. The van der Waals surface area contributed by atoms with Gasteiger partial charge in [-0.3, -0.25) is 0 Å². The van der Waals surface area contributed by atoms with E-state index in [2.05, 4.69) is 16.4 Å². The van der Waals surface area contributed by atoms with Crippen molar-refractivity contribution in [2.75, 3.05) is 6.61 Å². The molecular formula is C54H50O34. The summed E-state index contributed by atoms with van der Waals surface area (Å²) in [5, 5.41) is 131. The van der Waals surface area contributed by atoms with Gasteiger partial charge in [-0.25, -0.2) is 86.3 Å². The molecule has 0 heterocycles. The monoisotopic (exact) mass is 1240 g/mol. The zero-order chi connectivity index (χ0) is 66.9. The first-order chi connectivity index (χ1) is 41.1. The Balaban J connectivity index is 2.49. The number of carboxylic acids is 13. The van der Waals surface area contributed by atoms with Crippen molar-refractivity contribution in [1.82, 2.24) is 0 Å². The summed E-state index contributed by atoms with van der Waals surface area (Å²) in [5.74, 6) is -51.3. The Morgan fingerprint density at radius 2 is 0.341 bits per heavy atom. The maximum Gasteiger partial charge on any atom is 0.347 e. The molecule has 0 fully saturated rings. The second kappa shape index (κ2) is 30.9. The Hall–Kier alpha value is -11.5. The van der Waals surface area contributed by atoms with Crippen LogP contribution in [0.15, 0.2) is 0 Å². The number of rotatable bonds is 35. The number of carboxylic acid groups (broad SMARTS) is 13. The van der Waals surface area contributed by atoms with Crippen molar-refractivity contribution < 1.29 is 167 Å². The lowest BCUT2D eigenvalue weighted by atomic mass is 9.85. The predicted octanol–water partition coefficient (Wildman–Crippen LogP) is 6.18. The Labute approximate surface area is 489 Å². The maximum absolute atomic E-state index is 14.7. The molecule has 0 amide bonds. The summed E-state index contributed by atoms with van der Waals surface area (Å²) < 4.78 is 13.9. The Bertz CT molecular complexity index is 3430. The maximum atomic E-state index is 14.7. The van der Waals surface area contributed by atoms with Crippen molar-refractivity contribution >= 4 is 107 Å². The highest BCUT2D eigenvalue weighted by molar-refractivity contribution is 6.29. The fourth-order valence-corrected chi connectivity index (χ4v) is 9.31. The first kappa shape index (κ1) is 70.8. The smallest absolute Gasteiger partial charge is 0.347 e. The molecule has 0 radical (unpaired) electrons. The highest BCUT2D eigenvalue weighted by Gasteiger charge is 2.47. The van der Waals surface area contributed by atoms with Crippen LogP contribution < -0.4 is 0 Å². The summed E-state index contributed by atoms with van der Waals surface area (Å²) in [4.78, 5) is 236. The normalized spacial score (nSPS) is 10.7. The molecule has 0 saturated heterocycles. The Morgan fingerprint density at radius 1 is 0.205 bits per heavy atom. The van der Waals surface area contributed by atoms with Crippen molar-refractivity contribution in [3.8, 4) is 0 Å². The minimum Gasteiger partial charge on any atom is -0.478 e. The van der Waals surface area contributed by atoms with E-state index in [0.717, 1.165) is 57.8 Å². The summed E-state index contributed by atoms with van der Waals surface area (Å²) in [7, 11) is 0. The molecule has 34 nitrogen and oxygen atoms in total. The molecule has 3 aromatic rings. The molecule has 0 bridgehead atoms. The van der Waals surface area contributed by atoms with E-state index in [1.807, 2.05) is 0 Å². The minimum absolute atomic E-state index is 0.172. The van der Waals surface area contributed by atoms with Crippen molar-refractivity contribution in [3.05, 3.63) is 100 Å². The van der Waals surface area contributed by atoms with Gasteiger partial charge in [0, 0.05) is 0 Å². The zero-order valence-corrected chi connectivity index (χ0v) is 45.4. The van der Waals surface area contributed by atoms with Crippen LogP contribution in [0.3, 0.4) is 0 Å². The van der Waals surface area contributed by atoms with Crippen LogP contribution in [0, 0.1) is 0 Å². The molecule has 0 atom stereocenters. The van der Waals surface area contributed by atoms with Gasteiger partial charge in [0.2, 0.25) is 0 Å². The molecular weight excluding hydrogens is 1190 g/mol. The number of hydrogen-bond donors (Lipinski definition) is 13. The van der Waals surface area contributed by atoms with E-state index in [1.165, 1.54) is 19.3 Å². The lowest BCUT2D eigenvalue weighted by Crippen LogP contribution is -2.33. The van der Waals surface area contributed by atoms with Crippen LogP contribution in [0.25, 0.3) is 0 Å². The van der Waals surface area contributed by atoms with Crippen LogP contribution in [0.4, 0.5) is 0 Å². The zero-order valence-electron chi connectivity index (χ0n) is 45.4. The van der Waals surface area contributed by atoms with Gasteiger partial charge in [0.25, 0.3) is 0 Å². The third kappa shape index (κ3) is 15.8. The van der Waals surface area contributed by atoms with Gasteiger partial charge < -0.3 is 80.6 Å². The number of benzene rings is 3. The van der Waals surface area contributed by atoms with E-state index in [-0.39, 0.29) is 12.8 Å². The van der Waals surface area contributed by atoms with Crippen molar-refractivity contribution in [1.29, 1.82) is 0 Å². The van der Waals surface area contributed by atoms with Crippen molar-refractivity contribution in [2.24, 2.45) is 0 Å². The molecule has 470 valence electrons. The molecule has 3 aromatic carbocycles. The largest absolute Gasteiger partial charge is 0.478 e. The summed E-state index contributed by atoms with van der Waals surface area (Å²) in [6, 6.07) is 0. The second-order valence-corrected chi connectivity index (χ2v) is 18.5. The van der Waals surface area contributed by atoms with Gasteiger partial charge in [0.15, 0.2) is 0 Å². The summed E-state index contributed by atoms with van der Waals surface area (Å²) in [5.41, 5.74) is -42.3. The molecule has 3 rings (SSSR count). The average molecular weight is 1240 g/mol. The molecule has 0 aliphatic carbocycles. The van der Waals surface area contributed by atoms with Gasteiger partial charge in [-0.1, -0.05) is 103 Å². The lowest BCUT2D eigenvalue weighted by Gasteiger charge is -2.21. The molecule has 0 saturated carbocycles. The number of ether oxygens (including phenoxy) is 3. The highest BCUT2D eigenvalue weighted by atomic mass is 16.6. The third-order valence-electron chi connectivity index (χ3n) is 12.9. The molecule has 88 heavy (non-hydrogen) atoms. The molecule has 0 aliphatic heterocycles. The minimum atomic E-state index is -3.12. The van der Waals surface area contributed by atoms with Crippen LogP contribution in [-0.4, -0.2) is 180 Å². The van der Waals surface area contributed by atoms with Crippen molar-refractivity contribution in [3.63, 3.8) is 0 Å². The van der Waals surface area contributed by atoms with Gasteiger partial charge in [-0.05, 0) is 6.42 Å². The Morgan fingerprint density at radius 3 is 0.523 bits per heavy atom. The van der Waals surface area contributed by atoms with Crippen molar-refractivity contribution in [2.45, 2.75) is 110 Å². The van der Waals surface area contributed by atoms with E-state index in [9.17, 15) is 153 Å². The summed E-state index contributed by atoms with van der Waals surface area (Å²) in [6.45, 7) is 1.22. The summed E-state index contributed by atoms with van der Waals surface area (Å²) in [6.07, 6.45) is 13.5. The SMILES string of the molecule is CCCCCCCCCCCCCCCCCCOC(=O)c1c(C(=O)O)c(C(=O)O)c(C(=O)O)c(C(=O)OC(=O)c2c(C(=O)O)c(C(=O)O)c(C(=O)O)c(C(=O)O)c2C(=O)O)c1C(=O)OC(=O)c1c(C(=O)O)c(C(=O)O)c(C(=O)O)c(C(=O)O)c1C(=O)O. The topological polar surface area (TPSA) is 598 Å². The van der Waals surface area contributed by atoms with Gasteiger partial charge in [0.05, 0.1) is 107 Å².